The van der Waals surface area contributed by atoms with Crippen LogP contribution in [0.5, 0.6) is 0 Å². The van der Waals surface area contributed by atoms with Crippen LogP contribution < -0.4 is 5.32 Å². The maximum absolute atomic E-state index is 10.2. The van der Waals surface area contributed by atoms with Crippen molar-refractivity contribution in [2.75, 3.05) is 13.1 Å². The molecule has 0 fully saturated rings. The van der Waals surface area contributed by atoms with Gasteiger partial charge in [0.15, 0.2) is 0 Å². The molecule has 1 aromatic carbocycles. The number of hydrogen-bond donors (Lipinski definition) is 2. The van der Waals surface area contributed by atoms with Crippen LogP contribution in [0.3, 0.4) is 0 Å². The zero-order chi connectivity index (χ0) is 11.3. The first-order valence-corrected chi connectivity index (χ1v) is 5.63. The monoisotopic (exact) mass is 227 g/mol. The van der Waals surface area contributed by atoms with Gasteiger partial charge in [0.05, 0.1) is 5.60 Å². The van der Waals surface area contributed by atoms with Gasteiger partial charge in [0.25, 0.3) is 0 Å². The summed E-state index contributed by atoms with van der Waals surface area (Å²) in [6, 6.07) is 7.35. The summed E-state index contributed by atoms with van der Waals surface area (Å²) in [7, 11) is 0. The van der Waals surface area contributed by atoms with Crippen molar-refractivity contribution in [1.82, 2.24) is 5.32 Å². The summed E-state index contributed by atoms with van der Waals surface area (Å²) in [5.41, 5.74) is 0.122. The molecule has 0 aliphatic carbocycles. The molecule has 0 aliphatic heterocycles. The van der Waals surface area contributed by atoms with Gasteiger partial charge in [-0.3, -0.25) is 0 Å². The topological polar surface area (TPSA) is 32.3 Å². The molecule has 1 aromatic rings. The van der Waals surface area contributed by atoms with Crippen LogP contribution in [0.25, 0.3) is 0 Å². The third-order valence-electron chi connectivity index (χ3n) is 2.50. The minimum atomic E-state index is -0.785. The molecule has 0 aliphatic rings. The highest BCUT2D eigenvalue weighted by atomic mass is 35.5. The van der Waals surface area contributed by atoms with Gasteiger partial charge in [-0.15, -0.1) is 0 Å². The smallest absolute Gasteiger partial charge is 0.0880 e. The fraction of sp³-hybridized carbons (Fsp3) is 0.500. The SMILES string of the molecule is CCNCCC(C)(O)c1ccc(Cl)cc1. The van der Waals surface area contributed by atoms with Crippen LogP contribution in [-0.4, -0.2) is 18.2 Å². The standard InChI is InChI=1S/C12H18ClNO/c1-3-14-9-8-12(2,15)10-4-6-11(13)7-5-10/h4-7,14-15H,3,8-9H2,1-2H3. The molecule has 0 saturated heterocycles. The summed E-state index contributed by atoms with van der Waals surface area (Å²) in [5, 5.41) is 14.1. The van der Waals surface area contributed by atoms with Crippen LogP contribution in [0, 0.1) is 0 Å². The Hall–Kier alpha value is -0.570. The van der Waals surface area contributed by atoms with Crippen LogP contribution in [0.1, 0.15) is 25.8 Å². The van der Waals surface area contributed by atoms with Gasteiger partial charge in [-0.25, -0.2) is 0 Å². The van der Waals surface area contributed by atoms with Crippen LogP contribution in [0.2, 0.25) is 5.02 Å². The van der Waals surface area contributed by atoms with E-state index in [1.54, 1.807) is 12.1 Å². The molecule has 3 heteroatoms. The van der Waals surface area contributed by atoms with E-state index in [2.05, 4.69) is 12.2 Å². The second-order valence-electron chi connectivity index (χ2n) is 3.88. The highest BCUT2D eigenvalue weighted by Crippen LogP contribution is 2.25. The van der Waals surface area contributed by atoms with E-state index in [9.17, 15) is 5.11 Å². The first-order chi connectivity index (χ1) is 7.06. The normalized spacial score (nSPS) is 14.9. The largest absolute Gasteiger partial charge is 0.385 e. The Morgan fingerprint density at radius 3 is 2.47 bits per heavy atom. The molecule has 2 nitrogen and oxygen atoms in total. The van der Waals surface area contributed by atoms with Crippen molar-refractivity contribution in [1.29, 1.82) is 0 Å². The number of nitrogens with one attached hydrogen (secondary N) is 1. The first kappa shape index (κ1) is 12.5. The van der Waals surface area contributed by atoms with E-state index in [-0.39, 0.29) is 0 Å². The molecule has 0 radical (unpaired) electrons. The lowest BCUT2D eigenvalue weighted by Gasteiger charge is -2.24. The average molecular weight is 228 g/mol. The lowest BCUT2D eigenvalue weighted by molar-refractivity contribution is 0.0482. The van der Waals surface area contributed by atoms with Crippen molar-refractivity contribution in [2.45, 2.75) is 25.9 Å². The van der Waals surface area contributed by atoms with Crippen molar-refractivity contribution >= 4 is 11.6 Å². The van der Waals surface area contributed by atoms with E-state index >= 15 is 0 Å². The summed E-state index contributed by atoms with van der Waals surface area (Å²) < 4.78 is 0. The molecule has 0 bridgehead atoms. The van der Waals surface area contributed by atoms with Crippen molar-refractivity contribution in [2.24, 2.45) is 0 Å². The van der Waals surface area contributed by atoms with Crippen molar-refractivity contribution < 1.29 is 5.11 Å². The van der Waals surface area contributed by atoms with Crippen LogP contribution >= 0.6 is 11.6 Å². The minimum absolute atomic E-state index is 0.696. The molecule has 0 amide bonds. The second kappa shape index (κ2) is 5.50. The van der Waals surface area contributed by atoms with Crippen molar-refractivity contribution in [3.8, 4) is 0 Å². The molecule has 1 unspecified atom stereocenters. The summed E-state index contributed by atoms with van der Waals surface area (Å²) in [4.78, 5) is 0. The maximum atomic E-state index is 10.2. The quantitative estimate of drug-likeness (QED) is 0.758. The molecular weight excluding hydrogens is 210 g/mol. The van der Waals surface area contributed by atoms with Crippen LogP contribution in [0.15, 0.2) is 24.3 Å². The Bertz CT molecular complexity index is 295. The van der Waals surface area contributed by atoms with E-state index in [0.717, 1.165) is 18.7 Å². The highest BCUT2D eigenvalue weighted by Gasteiger charge is 2.21. The highest BCUT2D eigenvalue weighted by molar-refractivity contribution is 6.30. The third kappa shape index (κ3) is 3.82. The Morgan fingerprint density at radius 2 is 1.93 bits per heavy atom. The number of benzene rings is 1. The third-order valence-corrected chi connectivity index (χ3v) is 2.76. The Morgan fingerprint density at radius 1 is 1.33 bits per heavy atom. The van der Waals surface area contributed by atoms with Gasteiger partial charge in [0.2, 0.25) is 0 Å². The molecule has 0 heterocycles. The fourth-order valence-electron chi connectivity index (χ4n) is 1.46. The fourth-order valence-corrected chi connectivity index (χ4v) is 1.59. The zero-order valence-electron chi connectivity index (χ0n) is 9.26. The van der Waals surface area contributed by atoms with E-state index < -0.39 is 5.60 Å². The van der Waals surface area contributed by atoms with Gasteiger partial charge in [-0.2, -0.15) is 0 Å². The van der Waals surface area contributed by atoms with Crippen LogP contribution in [-0.2, 0) is 5.60 Å². The summed E-state index contributed by atoms with van der Waals surface area (Å²) >= 11 is 5.79. The van der Waals surface area contributed by atoms with Crippen molar-refractivity contribution in [3.63, 3.8) is 0 Å². The summed E-state index contributed by atoms with van der Waals surface area (Å²) in [6.45, 7) is 5.62. The molecule has 2 N–H and O–H groups in total. The van der Waals surface area contributed by atoms with Gasteiger partial charge >= 0.3 is 0 Å². The summed E-state index contributed by atoms with van der Waals surface area (Å²) in [6.07, 6.45) is 0.697. The number of aliphatic hydroxyl groups is 1. The van der Waals surface area contributed by atoms with E-state index in [1.807, 2.05) is 19.1 Å². The summed E-state index contributed by atoms with van der Waals surface area (Å²) in [5.74, 6) is 0. The molecule has 1 rings (SSSR count). The second-order valence-corrected chi connectivity index (χ2v) is 4.32. The number of hydrogen-bond acceptors (Lipinski definition) is 2. The van der Waals surface area contributed by atoms with Gasteiger partial charge in [0, 0.05) is 5.02 Å². The Kier molecular flexibility index (Phi) is 4.58. The van der Waals surface area contributed by atoms with Gasteiger partial charge < -0.3 is 10.4 Å². The average Bonchev–Trinajstić information content (AvgIpc) is 2.18. The van der Waals surface area contributed by atoms with Gasteiger partial charge in [0.1, 0.15) is 0 Å². The van der Waals surface area contributed by atoms with Gasteiger partial charge in [-0.05, 0) is 44.1 Å². The molecule has 0 saturated carbocycles. The van der Waals surface area contributed by atoms with E-state index in [0.29, 0.717) is 11.4 Å². The molecule has 15 heavy (non-hydrogen) atoms. The van der Waals surface area contributed by atoms with Gasteiger partial charge in [-0.1, -0.05) is 30.7 Å². The molecule has 84 valence electrons. The van der Waals surface area contributed by atoms with E-state index in [1.165, 1.54) is 0 Å². The lowest BCUT2D eigenvalue weighted by Crippen LogP contribution is -2.27. The maximum Gasteiger partial charge on any atom is 0.0880 e. The molecule has 0 aromatic heterocycles. The minimum Gasteiger partial charge on any atom is -0.385 e. The van der Waals surface area contributed by atoms with E-state index in [4.69, 9.17) is 11.6 Å². The molecule has 1 atom stereocenters. The molecular formula is C12H18ClNO. The first-order valence-electron chi connectivity index (χ1n) is 5.25. The number of rotatable bonds is 5. The number of halogens is 1. The Labute approximate surface area is 96.3 Å². The van der Waals surface area contributed by atoms with Crippen molar-refractivity contribution in [3.05, 3.63) is 34.9 Å². The van der Waals surface area contributed by atoms with Crippen LogP contribution in [0.4, 0.5) is 0 Å². The zero-order valence-corrected chi connectivity index (χ0v) is 10.0. The predicted molar refractivity (Wildman–Crippen MR) is 64.2 cm³/mol. The Balaban J connectivity index is 2.63. The molecule has 0 spiro atoms. The predicted octanol–water partition coefficient (Wildman–Crippen LogP) is 2.55. The lowest BCUT2D eigenvalue weighted by atomic mass is 9.93.